The Kier molecular flexibility index (Phi) is 4.80. The maximum Gasteiger partial charge on any atom is 0.225 e. The zero-order valence-corrected chi connectivity index (χ0v) is 11.3. The summed E-state index contributed by atoms with van der Waals surface area (Å²) in [5, 5.41) is 12.4. The first-order valence-corrected chi connectivity index (χ1v) is 6.82. The molecule has 1 aromatic rings. The molecule has 4 heteroatoms. The minimum Gasteiger partial charge on any atom is -0.492 e. The van der Waals surface area contributed by atoms with E-state index in [1.165, 1.54) is 5.56 Å². The van der Waals surface area contributed by atoms with Gasteiger partial charge in [-0.2, -0.15) is 0 Å². The molecular weight excluding hydrogens is 242 g/mol. The molecule has 2 N–H and O–H groups in total. The predicted molar refractivity (Wildman–Crippen MR) is 73.0 cm³/mol. The summed E-state index contributed by atoms with van der Waals surface area (Å²) in [6, 6.07) is 7.81. The Morgan fingerprint density at radius 3 is 2.74 bits per heavy atom. The highest BCUT2D eigenvalue weighted by molar-refractivity contribution is 5.79. The van der Waals surface area contributed by atoms with Gasteiger partial charge in [-0.1, -0.05) is 17.7 Å². The smallest absolute Gasteiger partial charge is 0.225 e. The molecule has 0 heterocycles. The summed E-state index contributed by atoms with van der Waals surface area (Å²) in [4.78, 5) is 11.8. The molecule has 1 fully saturated rings. The van der Waals surface area contributed by atoms with Gasteiger partial charge in [0.15, 0.2) is 0 Å². The number of amides is 1. The number of rotatable bonds is 5. The van der Waals surface area contributed by atoms with Crippen LogP contribution in [0.1, 0.15) is 24.8 Å². The quantitative estimate of drug-likeness (QED) is 0.794. The molecule has 0 aromatic heterocycles. The molecule has 4 nitrogen and oxygen atoms in total. The fraction of sp³-hybridized carbons (Fsp3) is 0.533. The molecule has 0 spiro atoms. The summed E-state index contributed by atoms with van der Waals surface area (Å²) in [6.07, 6.45) is 1.97. The van der Waals surface area contributed by atoms with E-state index in [4.69, 9.17) is 4.74 Å². The number of aliphatic hydroxyl groups excluding tert-OH is 1. The maximum atomic E-state index is 11.8. The molecule has 1 amide bonds. The Morgan fingerprint density at radius 1 is 1.37 bits per heavy atom. The van der Waals surface area contributed by atoms with Crippen LogP contribution in [0.5, 0.6) is 5.75 Å². The largest absolute Gasteiger partial charge is 0.492 e. The topological polar surface area (TPSA) is 58.6 Å². The first-order valence-electron chi connectivity index (χ1n) is 6.82. The number of aryl methyl sites for hydroxylation is 1. The number of hydrogen-bond donors (Lipinski definition) is 2. The number of ether oxygens (including phenoxy) is 1. The monoisotopic (exact) mass is 263 g/mol. The van der Waals surface area contributed by atoms with E-state index in [1.54, 1.807) is 0 Å². The zero-order valence-electron chi connectivity index (χ0n) is 11.3. The molecule has 1 aliphatic carbocycles. The number of aliphatic hydroxyl groups is 1. The number of nitrogens with one attached hydrogen (secondary N) is 1. The van der Waals surface area contributed by atoms with Crippen LogP contribution in [0.25, 0.3) is 0 Å². The molecular formula is C15H21NO3. The third-order valence-corrected chi connectivity index (χ3v) is 3.51. The predicted octanol–water partition coefficient (Wildman–Crippen LogP) is 1.65. The van der Waals surface area contributed by atoms with E-state index >= 15 is 0 Å². The van der Waals surface area contributed by atoms with E-state index in [0.29, 0.717) is 13.2 Å². The molecule has 2 unspecified atom stereocenters. The minimum atomic E-state index is -0.474. The molecule has 1 aromatic carbocycles. The maximum absolute atomic E-state index is 11.8. The van der Waals surface area contributed by atoms with Crippen LogP contribution in [0.15, 0.2) is 24.3 Å². The summed E-state index contributed by atoms with van der Waals surface area (Å²) in [6.45, 7) is 2.93. The van der Waals surface area contributed by atoms with Crippen molar-refractivity contribution in [1.82, 2.24) is 5.32 Å². The van der Waals surface area contributed by atoms with E-state index in [9.17, 15) is 9.90 Å². The van der Waals surface area contributed by atoms with Gasteiger partial charge in [0.25, 0.3) is 0 Å². The number of carbonyl (C=O) groups excluding carboxylic acids is 1. The first kappa shape index (κ1) is 13.9. The normalized spacial score (nSPS) is 22.2. The lowest BCUT2D eigenvalue weighted by Crippen LogP contribution is -2.36. The van der Waals surface area contributed by atoms with E-state index in [-0.39, 0.29) is 11.8 Å². The summed E-state index contributed by atoms with van der Waals surface area (Å²) >= 11 is 0. The average Bonchev–Trinajstić information content (AvgIpc) is 2.83. The van der Waals surface area contributed by atoms with Crippen molar-refractivity contribution in [3.05, 3.63) is 29.8 Å². The van der Waals surface area contributed by atoms with Gasteiger partial charge in [-0.3, -0.25) is 4.79 Å². The second-order valence-electron chi connectivity index (χ2n) is 5.06. The van der Waals surface area contributed by atoms with Gasteiger partial charge >= 0.3 is 0 Å². The summed E-state index contributed by atoms with van der Waals surface area (Å²) in [7, 11) is 0. The SMILES string of the molecule is Cc1ccc(OCCNC(=O)C2CCCC2O)cc1. The molecule has 104 valence electrons. The second kappa shape index (κ2) is 6.57. The van der Waals surface area contributed by atoms with E-state index in [1.807, 2.05) is 31.2 Å². The van der Waals surface area contributed by atoms with Crippen molar-refractivity contribution in [2.45, 2.75) is 32.3 Å². The zero-order chi connectivity index (χ0) is 13.7. The van der Waals surface area contributed by atoms with Crippen LogP contribution in [0.2, 0.25) is 0 Å². The Bertz CT molecular complexity index is 416. The van der Waals surface area contributed by atoms with Crippen LogP contribution in [-0.4, -0.2) is 30.3 Å². The van der Waals surface area contributed by atoms with Crippen molar-refractivity contribution in [3.63, 3.8) is 0 Å². The minimum absolute atomic E-state index is 0.0579. The highest BCUT2D eigenvalue weighted by atomic mass is 16.5. The van der Waals surface area contributed by atoms with Gasteiger partial charge in [-0.15, -0.1) is 0 Å². The lowest BCUT2D eigenvalue weighted by atomic mass is 10.1. The summed E-state index contributed by atoms with van der Waals surface area (Å²) < 4.78 is 5.52. The van der Waals surface area contributed by atoms with Crippen LogP contribution in [-0.2, 0) is 4.79 Å². The van der Waals surface area contributed by atoms with Crippen molar-refractivity contribution < 1.29 is 14.6 Å². The standard InChI is InChI=1S/C15H21NO3/c1-11-5-7-12(8-6-11)19-10-9-16-15(18)13-3-2-4-14(13)17/h5-8,13-14,17H,2-4,9-10H2,1H3,(H,16,18). The van der Waals surface area contributed by atoms with Crippen LogP contribution in [0, 0.1) is 12.8 Å². The van der Waals surface area contributed by atoms with Gasteiger partial charge in [0.05, 0.1) is 18.6 Å². The second-order valence-corrected chi connectivity index (χ2v) is 5.06. The van der Waals surface area contributed by atoms with Gasteiger partial charge < -0.3 is 15.2 Å². The number of carbonyl (C=O) groups is 1. The molecule has 1 saturated carbocycles. The molecule has 19 heavy (non-hydrogen) atoms. The van der Waals surface area contributed by atoms with Crippen molar-refractivity contribution >= 4 is 5.91 Å². The highest BCUT2D eigenvalue weighted by Crippen LogP contribution is 2.25. The van der Waals surface area contributed by atoms with E-state index < -0.39 is 6.10 Å². The van der Waals surface area contributed by atoms with Gasteiger partial charge in [0.2, 0.25) is 5.91 Å². The molecule has 2 atom stereocenters. The van der Waals surface area contributed by atoms with E-state index in [0.717, 1.165) is 25.0 Å². The summed E-state index contributed by atoms with van der Waals surface area (Å²) in [5.41, 5.74) is 1.19. The van der Waals surface area contributed by atoms with Gasteiger partial charge in [-0.05, 0) is 38.3 Å². The van der Waals surface area contributed by atoms with Gasteiger partial charge in [0, 0.05) is 0 Å². The molecule has 1 aliphatic rings. The van der Waals surface area contributed by atoms with Crippen molar-refractivity contribution in [1.29, 1.82) is 0 Å². The Hall–Kier alpha value is -1.55. The fourth-order valence-electron chi connectivity index (χ4n) is 2.36. The van der Waals surface area contributed by atoms with Crippen LogP contribution < -0.4 is 10.1 Å². The molecule has 2 rings (SSSR count). The van der Waals surface area contributed by atoms with Crippen molar-refractivity contribution in [2.24, 2.45) is 5.92 Å². The Balaban J connectivity index is 1.66. The van der Waals surface area contributed by atoms with Gasteiger partial charge in [0.1, 0.15) is 12.4 Å². The molecule has 0 aliphatic heterocycles. The average molecular weight is 263 g/mol. The van der Waals surface area contributed by atoms with Crippen LogP contribution in [0.4, 0.5) is 0 Å². The third-order valence-electron chi connectivity index (χ3n) is 3.51. The van der Waals surface area contributed by atoms with Crippen LogP contribution >= 0.6 is 0 Å². The van der Waals surface area contributed by atoms with E-state index in [2.05, 4.69) is 5.32 Å². The summed E-state index contributed by atoms with van der Waals surface area (Å²) in [5.74, 6) is 0.512. The fourth-order valence-corrected chi connectivity index (χ4v) is 2.36. The van der Waals surface area contributed by atoms with Crippen molar-refractivity contribution in [3.8, 4) is 5.75 Å². The van der Waals surface area contributed by atoms with Crippen molar-refractivity contribution in [2.75, 3.05) is 13.2 Å². The van der Waals surface area contributed by atoms with Crippen LogP contribution in [0.3, 0.4) is 0 Å². The lowest BCUT2D eigenvalue weighted by Gasteiger charge is -2.14. The molecule has 0 saturated heterocycles. The molecule has 0 bridgehead atoms. The third kappa shape index (κ3) is 3.96. The van der Waals surface area contributed by atoms with Gasteiger partial charge in [-0.25, -0.2) is 0 Å². The Morgan fingerprint density at radius 2 is 2.11 bits per heavy atom. The number of benzene rings is 1. The number of hydrogen-bond acceptors (Lipinski definition) is 3. The molecule has 0 radical (unpaired) electrons. The first-order chi connectivity index (χ1) is 9.16. The lowest BCUT2D eigenvalue weighted by molar-refractivity contribution is -0.127. The highest BCUT2D eigenvalue weighted by Gasteiger charge is 2.30. The Labute approximate surface area is 113 Å².